The SMILES string of the molecule is CCCCCCCCCCCCCC(P(C1CCCCC1)C1CCCCC1)[PH](C)(C)C. The molecule has 0 saturated heterocycles. The Hall–Kier alpha value is 0.860. The van der Waals surface area contributed by atoms with Crippen LogP contribution in [-0.2, 0) is 0 Å². The first-order valence-corrected chi connectivity index (χ1v) is 19.9. The van der Waals surface area contributed by atoms with Gasteiger partial charge < -0.3 is 0 Å². The first-order valence-electron chi connectivity index (χ1n) is 14.8. The Labute approximate surface area is 200 Å². The Balaban J connectivity index is 1.77. The molecule has 2 rings (SSSR count). The average molecular weight is 471 g/mol. The molecule has 0 aliphatic heterocycles. The standard InChI is InChI=1S/C29H60P2/c1-5-6-7-8-9-10-11-12-13-14-21-26-29(31(2,3)4)30(27-22-17-15-18-23-27)28-24-19-16-20-25-28/h27-29,31H,5-26H2,1-4H3. The van der Waals surface area contributed by atoms with Crippen molar-refractivity contribution in [2.75, 3.05) is 20.0 Å². The van der Waals surface area contributed by atoms with Crippen LogP contribution < -0.4 is 0 Å². The van der Waals surface area contributed by atoms with Gasteiger partial charge in [0.2, 0.25) is 0 Å². The number of hydrogen-bond donors (Lipinski definition) is 0. The first-order chi connectivity index (χ1) is 15.0. The molecular weight excluding hydrogens is 410 g/mol. The van der Waals surface area contributed by atoms with E-state index >= 15 is 0 Å². The van der Waals surface area contributed by atoms with Crippen molar-refractivity contribution in [3.8, 4) is 0 Å². The molecule has 0 aromatic carbocycles. The van der Waals surface area contributed by atoms with Crippen molar-refractivity contribution < 1.29 is 0 Å². The van der Waals surface area contributed by atoms with Crippen LogP contribution in [0.4, 0.5) is 0 Å². The van der Waals surface area contributed by atoms with Gasteiger partial charge in [0.25, 0.3) is 0 Å². The monoisotopic (exact) mass is 470 g/mol. The summed E-state index contributed by atoms with van der Waals surface area (Å²) in [5.41, 5.74) is 2.30. The van der Waals surface area contributed by atoms with Gasteiger partial charge in [-0.1, -0.05) is 13.3 Å². The van der Waals surface area contributed by atoms with Crippen molar-refractivity contribution in [1.29, 1.82) is 0 Å². The molecule has 0 radical (unpaired) electrons. The molecule has 1 atom stereocenters. The predicted molar refractivity (Wildman–Crippen MR) is 152 cm³/mol. The molecule has 2 aliphatic carbocycles. The maximum atomic E-state index is 2.73. The van der Waals surface area contributed by atoms with Gasteiger partial charge in [-0.25, -0.2) is 0 Å². The molecule has 2 aliphatic rings. The molecule has 1 unspecified atom stereocenters. The molecule has 2 fully saturated rings. The Morgan fingerprint density at radius 1 is 0.581 bits per heavy atom. The molecule has 0 aromatic rings. The first kappa shape index (κ1) is 28.1. The zero-order valence-electron chi connectivity index (χ0n) is 22.2. The molecule has 2 saturated carbocycles. The van der Waals surface area contributed by atoms with E-state index in [-0.39, 0.29) is 7.92 Å². The van der Waals surface area contributed by atoms with Gasteiger partial charge in [-0.2, -0.15) is 0 Å². The van der Waals surface area contributed by atoms with Gasteiger partial charge in [-0.15, -0.1) is 0 Å². The van der Waals surface area contributed by atoms with Gasteiger partial charge in [0, 0.05) is 0 Å². The van der Waals surface area contributed by atoms with Crippen LogP contribution in [-0.4, -0.2) is 36.7 Å². The fraction of sp³-hybridized carbons (Fsp3) is 1.00. The van der Waals surface area contributed by atoms with Crippen molar-refractivity contribution in [1.82, 2.24) is 0 Å². The Morgan fingerprint density at radius 2 is 0.968 bits per heavy atom. The van der Waals surface area contributed by atoms with Gasteiger partial charge in [-0.3, -0.25) is 0 Å². The zero-order chi connectivity index (χ0) is 22.4. The summed E-state index contributed by atoms with van der Waals surface area (Å²) in [4.78, 5) is 0. The third-order valence-electron chi connectivity index (χ3n) is 8.43. The minimum atomic E-state index is -1.09. The second-order valence-corrected chi connectivity index (χ2v) is 21.1. The molecule has 0 heterocycles. The van der Waals surface area contributed by atoms with Gasteiger partial charge in [0.05, 0.1) is 0 Å². The van der Waals surface area contributed by atoms with E-state index in [1.807, 2.05) is 0 Å². The van der Waals surface area contributed by atoms with Crippen LogP contribution in [0.25, 0.3) is 0 Å². The van der Waals surface area contributed by atoms with E-state index in [1.165, 1.54) is 77.0 Å². The number of hydrogen-bond acceptors (Lipinski definition) is 0. The van der Waals surface area contributed by atoms with Gasteiger partial charge in [-0.05, 0) is 0 Å². The Bertz CT molecular complexity index is 397. The molecule has 0 N–H and O–H groups in total. The summed E-state index contributed by atoms with van der Waals surface area (Å²) >= 11 is 0. The topological polar surface area (TPSA) is 0 Å². The fourth-order valence-corrected chi connectivity index (χ4v) is 16.5. The molecule has 0 amide bonds. The van der Waals surface area contributed by atoms with Crippen molar-refractivity contribution in [2.24, 2.45) is 0 Å². The third-order valence-corrected chi connectivity index (χ3v) is 17.6. The van der Waals surface area contributed by atoms with Crippen LogP contribution in [0.5, 0.6) is 0 Å². The average Bonchev–Trinajstić information content (AvgIpc) is 2.77. The van der Waals surface area contributed by atoms with E-state index in [2.05, 4.69) is 26.9 Å². The van der Waals surface area contributed by atoms with E-state index < -0.39 is 7.26 Å². The summed E-state index contributed by atoms with van der Waals surface area (Å²) in [7, 11) is -0.811. The van der Waals surface area contributed by atoms with Crippen molar-refractivity contribution in [3.05, 3.63) is 0 Å². The van der Waals surface area contributed by atoms with Gasteiger partial charge in [0.15, 0.2) is 0 Å². The number of rotatable bonds is 16. The van der Waals surface area contributed by atoms with Crippen LogP contribution >= 0.6 is 15.2 Å². The fourth-order valence-electron chi connectivity index (χ4n) is 6.60. The Kier molecular flexibility index (Phi) is 14.9. The quantitative estimate of drug-likeness (QED) is 0.155. The summed E-state index contributed by atoms with van der Waals surface area (Å²) in [5.74, 6) is 0. The number of unbranched alkanes of at least 4 members (excludes halogenated alkanes) is 10. The van der Waals surface area contributed by atoms with E-state index in [0.717, 1.165) is 16.7 Å². The van der Waals surface area contributed by atoms with E-state index in [9.17, 15) is 0 Å². The molecule has 31 heavy (non-hydrogen) atoms. The normalized spacial score (nSPS) is 20.9. The van der Waals surface area contributed by atoms with Crippen molar-refractivity contribution >= 4 is 15.2 Å². The summed E-state index contributed by atoms with van der Waals surface area (Å²) in [6.45, 7) is 10.5. The van der Waals surface area contributed by atoms with Crippen LogP contribution in [0, 0.1) is 0 Å². The summed E-state index contributed by atoms with van der Waals surface area (Å²) in [5, 5.41) is 1.16. The second-order valence-electron chi connectivity index (χ2n) is 12.2. The molecule has 186 valence electrons. The molecule has 2 heteroatoms. The second kappa shape index (κ2) is 16.5. The van der Waals surface area contributed by atoms with Gasteiger partial charge in [0.1, 0.15) is 0 Å². The zero-order valence-corrected chi connectivity index (χ0v) is 24.1. The van der Waals surface area contributed by atoms with Gasteiger partial charge >= 0.3 is 187 Å². The van der Waals surface area contributed by atoms with Crippen molar-refractivity contribution in [3.63, 3.8) is 0 Å². The summed E-state index contributed by atoms with van der Waals surface area (Å²) < 4.78 is 0. The predicted octanol–water partition coefficient (Wildman–Crippen LogP) is 10.8. The Morgan fingerprint density at radius 3 is 1.35 bits per heavy atom. The maximum absolute atomic E-state index is 2.73. The van der Waals surface area contributed by atoms with E-state index in [0.29, 0.717) is 0 Å². The van der Waals surface area contributed by atoms with Crippen LogP contribution in [0.3, 0.4) is 0 Å². The minimum absolute atomic E-state index is 0.275. The van der Waals surface area contributed by atoms with Crippen molar-refractivity contribution in [2.45, 2.75) is 165 Å². The molecule has 0 nitrogen and oxygen atoms in total. The summed E-state index contributed by atoms with van der Waals surface area (Å²) in [6.07, 6.45) is 33.6. The summed E-state index contributed by atoms with van der Waals surface area (Å²) in [6, 6.07) is 0. The molecular formula is C29H60P2. The third kappa shape index (κ3) is 11.2. The van der Waals surface area contributed by atoms with E-state index in [4.69, 9.17) is 0 Å². The van der Waals surface area contributed by atoms with Crippen LogP contribution in [0.2, 0.25) is 0 Å². The molecule has 0 spiro atoms. The molecule has 0 bridgehead atoms. The molecule has 0 aromatic heterocycles. The van der Waals surface area contributed by atoms with E-state index in [1.54, 1.807) is 64.2 Å². The van der Waals surface area contributed by atoms with Crippen LogP contribution in [0.15, 0.2) is 0 Å². The van der Waals surface area contributed by atoms with Crippen LogP contribution in [0.1, 0.15) is 148 Å².